The van der Waals surface area contributed by atoms with Crippen LogP contribution in [-0.4, -0.2) is 29.4 Å². The SMILES string of the molecule is O=COC(c1ccc2c(Br)n[nH]c2c1)C1CCCCO1. The van der Waals surface area contributed by atoms with Gasteiger partial charge in [0.1, 0.15) is 4.60 Å². The summed E-state index contributed by atoms with van der Waals surface area (Å²) in [7, 11) is 0. The standard InChI is InChI=1S/C14H15BrN2O3/c15-14-10-5-4-9(7-11(10)16-17-14)13(20-8-18)12-3-1-2-6-19-12/h4-5,7-8,12-13H,1-3,6H2,(H,16,17). The minimum atomic E-state index is -0.362. The Morgan fingerprint density at radius 3 is 3.15 bits per heavy atom. The lowest BCUT2D eigenvalue weighted by Crippen LogP contribution is -2.28. The van der Waals surface area contributed by atoms with Gasteiger partial charge in [-0.1, -0.05) is 6.07 Å². The maximum Gasteiger partial charge on any atom is 0.293 e. The van der Waals surface area contributed by atoms with Crippen molar-refractivity contribution in [3.63, 3.8) is 0 Å². The molecule has 20 heavy (non-hydrogen) atoms. The molecule has 0 amide bonds. The number of benzene rings is 1. The largest absolute Gasteiger partial charge is 0.457 e. The van der Waals surface area contributed by atoms with Crippen molar-refractivity contribution in [3.05, 3.63) is 28.4 Å². The van der Waals surface area contributed by atoms with E-state index in [0.717, 1.165) is 46.9 Å². The van der Waals surface area contributed by atoms with Crippen LogP contribution in [0, 0.1) is 0 Å². The monoisotopic (exact) mass is 338 g/mol. The quantitative estimate of drug-likeness (QED) is 0.870. The average Bonchev–Trinajstić information content (AvgIpc) is 2.86. The minimum Gasteiger partial charge on any atom is -0.457 e. The van der Waals surface area contributed by atoms with Crippen molar-refractivity contribution in [2.75, 3.05) is 6.61 Å². The average molecular weight is 339 g/mol. The van der Waals surface area contributed by atoms with E-state index in [-0.39, 0.29) is 12.2 Å². The highest BCUT2D eigenvalue weighted by molar-refractivity contribution is 9.10. The van der Waals surface area contributed by atoms with E-state index in [1.165, 1.54) is 0 Å². The number of aromatic nitrogens is 2. The van der Waals surface area contributed by atoms with Crippen LogP contribution >= 0.6 is 15.9 Å². The molecule has 2 atom stereocenters. The maximum absolute atomic E-state index is 10.8. The lowest BCUT2D eigenvalue weighted by Gasteiger charge is -2.29. The second-order valence-electron chi connectivity index (χ2n) is 4.88. The summed E-state index contributed by atoms with van der Waals surface area (Å²) in [6.07, 6.45) is 2.64. The van der Waals surface area contributed by atoms with Gasteiger partial charge < -0.3 is 9.47 Å². The van der Waals surface area contributed by atoms with E-state index in [1.807, 2.05) is 18.2 Å². The molecule has 5 nitrogen and oxygen atoms in total. The summed E-state index contributed by atoms with van der Waals surface area (Å²) < 4.78 is 11.8. The van der Waals surface area contributed by atoms with Crippen molar-refractivity contribution in [2.45, 2.75) is 31.5 Å². The van der Waals surface area contributed by atoms with E-state index in [0.29, 0.717) is 6.47 Å². The van der Waals surface area contributed by atoms with Crippen LogP contribution in [0.3, 0.4) is 0 Å². The summed E-state index contributed by atoms with van der Waals surface area (Å²) in [5.74, 6) is 0. The van der Waals surface area contributed by atoms with E-state index in [1.54, 1.807) is 0 Å². The number of halogens is 1. The van der Waals surface area contributed by atoms with Gasteiger partial charge in [0.15, 0.2) is 6.10 Å². The molecule has 1 aromatic heterocycles. The first-order valence-corrected chi connectivity index (χ1v) is 7.43. The molecule has 2 unspecified atom stereocenters. The first-order chi connectivity index (χ1) is 9.79. The molecule has 0 spiro atoms. The highest BCUT2D eigenvalue weighted by atomic mass is 79.9. The maximum atomic E-state index is 10.8. The van der Waals surface area contributed by atoms with Crippen molar-refractivity contribution < 1.29 is 14.3 Å². The lowest BCUT2D eigenvalue weighted by molar-refractivity contribution is -0.145. The molecular weight excluding hydrogens is 324 g/mol. The van der Waals surface area contributed by atoms with Gasteiger partial charge in [-0.15, -0.1) is 0 Å². The summed E-state index contributed by atoms with van der Waals surface area (Å²) in [6.45, 7) is 1.22. The smallest absolute Gasteiger partial charge is 0.293 e. The number of hydrogen-bond acceptors (Lipinski definition) is 4. The molecule has 2 aromatic rings. The minimum absolute atomic E-state index is 0.0715. The zero-order valence-electron chi connectivity index (χ0n) is 10.8. The summed E-state index contributed by atoms with van der Waals surface area (Å²) in [5.41, 5.74) is 1.83. The molecule has 2 heterocycles. The third-order valence-electron chi connectivity index (χ3n) is 3.62. The van der Waals surface area contributed by atoms with Crippen LogP contribution < -0.4 is 0 Å². The fourth-order valence-corrected chi connectivity index (χ4v) is 3.06. The molecule has 1 N–H and O–H groups in total. The second kappa shape index (κ2) is 5.93. The van der Waals surface area contributed by atoms with Crippen LogP contribution in [0.1, 0.15) is 30.9 Å². The number of carbonyl (C=O) groups is 1. The van der Waals surface area contributed by atoms with E-state index in [4.69, 9.17) is 9.47 Å². The molecule has 1 fully saturated rings. The van der Waals surface area contributed by atoms with Crippen LogP contribution in [0.15, 0.2) is 22.8 Å². The molecule has 106 valence electrons. The Morgan fingerprint density at radius 2 is 2.40 bits per heavy atom. The number of H-pyrrole nitrogens is 1. The van der Waals surface area contributed by atoms with Gasteiger partial charge in [-0.25, -0.2) is 0 Å². The van der Waals surface area contributed by atoms with Crippen LogP contribution in [0.4, 0.5) is 0 Å². The van der Waals surface area contributed by atoms with Crippen molar-refractivity contribution in [3.8, 4) is 0 Å². The van der Waals surface area contributed by atoms with Gasteiger partial charge in [-0.3, -0.25) is 9.89 Å². The highest BCUT2D eigenvalue weighted by Crippen LogP contribution is 2.31. The Kier molecular flexibility index (Phi) is 4.03. The van der Waals surface area contributed by atoms with Gasteiger partial charge in [0.25, 0.3) is 6.47 Å². The molecule has 6 heteroatoms. The second-order valence-corrected chi connectivity index (χ2v) is 5.63. The molecule has 1 saturated heterocycles. The van der Waals surface area contributed by atoms with Gasteiger partial charge >= 0.3 is 0 Å². The summed E-state index contributed by atoms with van der Waals surface area (Å²) in [6, 6.07) is 5.87. The van der Waals surface area contributed by atoms with Gasteiger partial charge in [-0.05, 0) is 52.9 Å². The summed E-state index contributed by atoms with van der Waals surface area (Å²) in [5, 5.41) is 8.05. The Hall–Kier alpha value is -1.40. The number of aromatic amines is 1. The number of rotatable bonds is 4. The predicted octanol–water partition coefficient (Wildman–Crippen LogP) is 3.11. The molecule has 1 aromatic carbocycles. The molecule has 0 saturated carbocycles. The molecule has 3 rings (SSSR count). The number of carbonyl (C=O) groups excluding carboxylic acids is 1. The number of ether oxygens (including phenoxy) is 2. The van der Waals surface area contributed by atoms with Crippen molar-refractivity contribution in [2.24, 2.45) is 0 Å². The van der Waals surface area contributed by atoms with Gasteiger partial charge in [-0.2, -0.15) is 5.10 Å². The van der Waals surface area contributed by atoms with E-state index >= 15 is 0 Å². The Bertz CT molecular complexity index is 607. The summed E-state index contributed by atoms with van der Waals surface area (Å²) >= 11 is 3.38. The first-order valence-electron chi connectivity index (χ1n) is 6.64. The number of nitrogens with one attached hydrogen (secondary N) is 1. The zero-order valence-corrected chi connectivity index (χ0v) is 12.4. The van der Waals surface area contributed by atoms with Crippen LogP contribution in [-0.2, 0) is 14.3 Å². The van der Waals surface area contributed by atoms with Crippen molar-refractivity contribution >= 4 is 33.3 Å². The lowest BCUT2D eigenvalue weighted by atomic mass is 9.97. The third kappa shape index (κ3) is 2.58. The number of hydrogen-bond donors (Lipinski definition) is 1. The van der Waals surface area contributed by atoms with Crippen molar-refractivity contribution in [1.29, 1.82) is 0 Å². The van der Waals surface area contributed by atoms with Crippen molar-refractivity contribution in [1.82, 2.24) is 10.2 Å². The van der Waals surface area contributed by atoms with E-state index in [9.17, 15) is 4.79 Å². The van der Waals surface area contributed by atoms with E-state index in [2.05, 4.69) is 26.1 Å². The summed E-state index contributed by atoms with van der Waals surface area (Å²) in [4.78, 5) is 10.8. The molecular formula is C14H15BrN2O3. The molecule has 0 bridgehead atoms. The molecule has 1 aliphatic heterocycles. The molecule has 0 aliphatic carbocycles. The predicted molar refractivity (Wildman–Crippen MR) is 77.3 cm³/mol. The topological polar surface area (TPSA) is 64.2 Å². The van der Waals surface area contributed by atoms with Crippen LogP contribution in [0.5, 0.6) is 0 Å². The number of nitrogens with zero attached hydrogens (tertiary/aromatic N) is 1. The molecule has 0 radical (unpaired) electrons. The van der Waals surface area contributed by atoms with E-state index < -0.39 is 0 Å². The fraction of sp³-hybridized carbons (Fsp3) is 0.429. The van der Waals surface area contributed by atoms with Crippen LogP contribution in [0.2, 0.25) is 0 Å². The fourth-order valence-electron chi connectivity index (χ4n) is 2.63. The van der Waals surface area contributed by atoms with Gasteiger partial charge in [0.05, 0.1) is 11.6 Å². The Labute approximate surface area is 124 Å². The van der Waals surface area contributed by atoms with Gasteiger partial charge in [0, 0.05) is 12.0 Å². The number of fused-ring (bicyclic) bond motifs is 1. The van der Waals surface area contributed by atoms with Gasteiger partial charge in [0.2, 0.25) is 0 Å². The Morgan fingerprint density at radius 1 is 1.50 bits per heavy atom. The first kappa shape index (κ1) is 13.6. The normalized spacial score (nSPS) is 20.8. The highest BCUT2D eigenvalue weighted by Gasteiger charge is 2.27. The Balaban J connectivity index is 1.93. The van der Waals surface area contributed by atoms with Crippen LogP contribution in [0.25, 0.3) is 10.9 Å². The zero-order chi connectivity index (χ0) is 13.9. The molecule has 1 aliphatic rings. The third-order valence-corrected chi connectivity index (χ3v) is 4.23.